The van der Waals surface area contributed by atoms with Crippen molar-refractivity contribution in [1.29, 1.82) is 0 Å². The van der Waals surface area contributed by atoms with Gasteiger partial charge in [0.05, 0.1) is 11.3 Å². The van der Waals surface area contributed by atoms with Crippen molar-refractivity contribution in [2.45, 2.75) is 0 Å². The Kier molecular flexibility index (Phi) is 4.26. The predicted molar refractivity (Wildman–Crippen MR) is 103 cm³/mol. The molecule has 0 radical (unpaired) electrons. The summed E-state index contributed by atoms with van der Waals surface area (Å²) in [5, 5.41) is 2.70. The molecule has 0 aliphatic rings. The Morgan fingerprint density at radius 3 is 2.62 bits per heavy atom. The Labute approximate surface area is 157 Å². The summed E-state index contributed by atoms with van der Waals surface area (Å²) >= 11 is 3.18. The van der Waals surface area contributed by atoms with Gasteiger partial charge in [0.15, 0.2) is 0 Å². The number of fused-ring (bicyclic) bond motifs is 1. The zero-order valence-electron chi connectivity index (χ0n) is 13.5. The minimum atomic E-state index is -0.571. The van der Waals surface area contributed by atoms with E-state index in [4.69, 9.17) is 0 Å². The van der Waals surface area contributed by atoms with Crippen LogP contribution in [0.25, 0.3) is 16.9 Å². The average molecular weight is 410 g/mol. The van der Waals surface area contributed by atoms with Crippen LogP contribution in [0.5, 0.6) is 0 Å². The highest BCUT2D eigenvalue weighted by Crippen LogP contribution is 2.22. The summed E-state index contributed by atoms with van der Waals surface area (Å²) < 4.78 is 16.4. The van der Waals surface area contributed by atoms with Gasteiger partial charge in [-0.2, -0.15) is 0 Å². The molecule has 0 fully saturated rings. The van der Waals surface area contributed by atoms with Crippen molar-refractivity contribution in [3.05, 3.63) is 88.9 Å². The first-order valence-electron chi connectivity index (χ1n) is 7.91. The molecule has 0 saturated carbocycles. The Bertz CT molecular complexity index is 1070. The number of imidazole rings is 1. The van der Waals surface area contributed by atoms with Gasteiger partial charge in [-0.1, -0.05) is 34.1 Å². The van der Waals surface area contributed by atoms with Crippen LogP contribution in [0, 0.1) is 5.82 Å². The third kappa shape index (κ3) is 3.23. The molecule has 128 valence electrons. The molecular formula is C20H13BrFN3O. The Morgan fingerprint density at radius 1 is 1.08 bits per heavy atom. The zero-order chi connectivity index (χ0) is 18.1. The summed E-state index contributed by atoms with van der Waals surface area (Å²) in [6.07, 6.45) is 3.88. The van der Waals surface area contributed by atoms with Gasteiger partial charge in [0.25, 0.3) is 5.91 Å². The molecule has 26 heavy (non-hydrogen) atoms. The molecule has 0 bridgehead atoms. The number of amides is 1. The molecule has 2 aromatic carbocycles. The number of pyridine rings is 1. The number of nitrogens with one attached hydrogen (secondary N) is 1. The summed E-state index contributed by atoms with van der Waals surface area (Å²) in [6, 6.07) is 17.4. The first kappa shape index (κ1) is 16.5. The zero-order valence-corrected chi connectivity index (χ0v) is 15.1. The molecule has 6 heteroatoms. The van der Waals surface area contributed by atoms with Gasteiger partial charge in [-0.05, 0) is 42.5 Å². The van der Waals surface area contributed by atoms with Gasteiger partial charge < -0.3 is 9.72 Å². The number of aromatic nitrogens is 2. The summed E-state index contributed by atoms with van der Waals surface area (Å²) in [4.78, 5) is 16.8. The van der Waals surface area contributed by atoms with Gasteiger partial charge in [-0.25, -0.2) is 9.37 Å². The van der Waals surface area contributed by atoms with Crippen LogP contribution in [0.15, 0.2) is 77.5 Å². The molecule has 1 N–H and O–H groups in total. The summed E-state index contributed by atoms with van der Waals surface area (Å²) in [6.45, 7) is 0. The van der Waals surface area contributed by atoms with Crippen molar-refractivity contribution in [3.8, 4) is 11.3 Å². The number of anilines is 1. The van der Waals surface area contributed by atoms with Crippen molar-refractivity contribution >= 4 is 33.2 Å². The van der Waals surface area contributed by atoms with Gasteiger partial charge in [0.2, 0.25) is 0 Å². The first-order valence-corrected chi connectivity index (χ1v) is 8.70. The average Bonchev–Trinajstić information content (AvgIpc) is 3.06. The van der Waals surface area contributed by atoms with E-state index in [2.05, 4.69) is 26.2 Å². The predicted octanol–water partition coefficient (Wildman–Crippen LogP) is 5.16. The number of carbonyl (C=O) groups excluding carboxylic acids is 1. The number of hydrogen-bond donors (Lipinski definition) is 1. The quantitative estimate of drug-likeness (QED) is 0.508. The van der Waals surface area contributed by atoms with E-state index in [0.29, 0.717) is 10.2 Å². The largest absolute Gasteiger partial charge is 0.322 e. The van der Waals surface area contributed by atoms with Gasteiger partial charge >= 0.3 is 0 Å². The fraction of sp³-hybridized carbons (Fsp3) is 0. The smallest absolute Gasteiger partial charge is 0.258 e. The lowest BCUT2D eigenvalue weighted by molar-refractivity contribution is 0.102. The molecule has 4 aromatic rings. The van der Waals surface area contributed by atoms with Crippen molar-refractivity contribution in [2.75, 3.05) is 5.32 Å². The van der Waals surface area contributed by atoms with Gasteiger partial charge in [0.1, 0.15) is 11.5 Å². The maximum absolute atomic E-state index is 13.9. The molecule has 4 rings (SSSR count). The van der Waals surface area contributed by atoms with Crippen LogP contribution < -0.4 is 5.32 Å². The van der Waals surface area contributed by atoms with Crippen molar-refractivity contribution in [2.24, 2.45) is 0 Å². The molecule has 0 aliphatic heterocycles. The van der Waals surface area contributed by atoms with Crippen LogP contribution >= 0.6 is 15.9 Å². The second-order valence-corrected chi connectivity index (χ2v) is 6.66. The molecule has 4 nitrogen and oxygen atoms in total. The lowest BCUT2D eigenvalue weighted by Crippen LogP contribution is -2.13. The van der Waals surface area contributed by atoms with E-state index >= 15 is 0 Å². The minimum absolute atomic E-state index is 0.00220. The lowest BCUT2D eigenvalue weighted by Gasteiger charge is -2.07. The second kappa shape index (κ2) is 6.72. The van der Waals surface area contributed by atoms with Crippen LogP contribution in [-0.4, -0.2) is 15.3 Å². The molecule has 0 atom stereocenters. The van der Waals surface area contributed by atoms with E-state index in [-0.39, 0.29) is 5.56 Å². The highest BCUT2D eigenvalue weighted by Gasteiger charge is 2.12. The number of carbonyl (C=O) groups is 1. The van der Waals surface area contributed by atoms with Crippen LogP contribution in [0.2, 0.25) is 0 Å². The minimum Gasteiger partial charge on any atom is -0.322 e. The number of benzene rings is 2. The molecular weight excluding hydrogens is 397 g/mol. The van der Waals surface area contributed by atoms with E-state index in [1.165, 1.54) is 12.1 Å². The monoisotopic (exact) mass is 409 g/mol. The van der Waals surface area contributed by atoms with Crippen LogP contribution in [0.4, 0.5) is 10.1 Å². The van der Waals surface area contributed by atoms with E-state index in [1.54, 1.807) is 18.2 Å². The van der Waals surface area contributed by atoms with Gasteiger partial charge in [-0.15, -0.1) is 0 Å². The molecule has 0 spiro atoms. The van der Waals surface area contributed by atoms with E-state index in [0.717, 1.165) is 16.9 Å². The number of halogens is 2. The highest BCUT2D eigenvalue weighted by atomic mass is 79.9. The SMILES string of the molecule is O=C(Nc1ccc(-c2cn3ccccc3n2)cc1)c1ccc(Br)cc1F. The normalized spacial score (nSPS) is 10.8. The van der Waals surface area contributed by atoms with Crippen LogP contribution in [0.1, 0.15) is 10.4 Å². The molecule has 2 heterocycles. The summed E-state index contributed by atoms with van der Waals surface area (Å²) in [5.74, 6) is -1.06. The number of hydrogen-bond acceptors (Lipinski definition) is 2. The van der Waals surface area contributed by atoms with Crippen molar-refractivity contribution in [3.63, 3.8) is 0 Å². The van der Waals surface area contributed by atoms with Gasteiger partial charge in [0, 0.05) is 28.1 Å². The molecule has 0 saturated heterocycles. The van der Waals surface area contributed by atoms with Crippen LogP contribution in [-0.2, 0) is 0 Å². The Morgan fingerprint density at radius 2 is 1.88 bits per heavy atom. The van der Waals surface area contributed by atoms with Crippen molar-refractivity contribution in [1.82, 2.24) is 9.38 Å². The lowest BCUT2D eigenvalue weighted by atomic mass is 10.1. The Hall–Kier alpha value is -2.99. The van der Waals surface area contributed by atoms with E-state index in [9.17, 15) is 9.18 Å². The molecule has 0 aliphatic carbocycles. The van der Waals surface area contributed by atoms with Gasteiger partial charge in [-0.3, -0.25) is 4.79 Å². The third-order valence-electron chi connectivity index (χ3n) is 3.98. The Balaban J connectivity index is 1.55. The number of nitrogens with zero attached hydrogens (tertiary/aromatic N) is 2. The molecule has 0 unspecified atom stereocenters. The molecule has 1 amide bonds. The highest BCUT2D eigenvalue weighted by molar-refractivity contribution is 9.10. The maximum atomic E-state index is 13.9. The first-order chi connectivity index (χ1) is 12.6. The van der Waals surface area contributed by atoms with Crippen LogP contribution in [0.3, 0.4) is 0 Å². The third-order valence-corrected chi connectivity index (χ3v) is 4.47. The standard InChI is InChI=1S/C20H13BrFN3O/c21-14-6-9-16(17(22)11-14)20(26)23-15-7-4-13(5-8-15)18-12-25-10-2-1-3-19(25)24-18/h1-12H,(H,23,26). The fourth-order valence-electron chi connectivity index (χ4n) is 2.67. The topological polar surface area (TPSA) is 46.4 Å². The number of rotatable bonds is 3. The molecule has 2 aromatic heterocycles. The fourth-order valence-corrected chi connectivity index (χ4v) is 3.00. The van der Waals surface area contributed by atoms with E-state index < -0.39 is 11.7 Å². The van der Waals surface area contributed by atoms with Crippen molar-refractivity contribution < 1.29 is 9.18 Å². The maximum Gasteiger partial charge on any atom is 0.258 e. The summed E-state index contributed by atoms with van der Waals surface area (Å²) in [7, 11) is 0. The second-order valence-electron chi connectivity index (χ2n) is 5.75. The summed E-state index contributed by atoms with van der Waals surface area (Å²) in [5.41, 5.74) is 3.22. The van der Waals surface area contributed by atoms with E-state index in [1.807, 2.05) is 47.1 Å².